The molecule has 0 spiro atoms. The highest BCUT2D eigenvalue weighted by atomic mass is 127. The van der Waals surface area contributed by atoms with E-state index in [1.165, 1.54) is 0 Å². The van der Waals surface area contributed by atoms with Gasteiger partial charge in [0.05, 0.1) is 12.7 Å². The molecule has 166 valence electrons. The Bertz CT molecular complexity index is 783. The fraction of sp³-hybridized carbons (Fsp3) is 0.550. The Balaban J connectivity index is 0.00000320. The molecule has 1 saturated heterocycles. The van der Waals surface area contributed by atoms with Crippen LogP contribution in [0.3, 0.4) is 0 Å². The van der Waals surface area contributed by atoms with Gasteiger partial charge in [0.2, 0.25) is 11.7 Å². The van der Waals surface area contributed by atoms with Crippen LogP contribution < -0.4 is 10.6 Å². The summed E-state index contributed by atoms with van der Waals surface area (Å²) >= 11 is 6.01. The van der Waals surface area contributed by atoms with E-state index in [4.69, 9.17) is 25.6 Å². The van der Waals surface area contributed by atoms with Crippen LogP contribution in [0.4, 0.5) is 0 Å². The second kappa shape index (κ2) is 13.8. The molecule has 0 aliphatic carbocycles. The lowest BCUT2D eigenvalue weighted by molar-refractivity contribution is 0.0424. The molecular weight excluding hydrogens is 521 g/mol. The van der Waals surface area contributed by atoms with E-state index in [2.05, 4.69) is 25.8 Å². The summed E-state index contributed by atoms with van der Waals surface area (Å²) in [6.45, 7) is 6.38. The molecule has 1 unspecified atom stereocenters. The van der Waals surface area contributed by atoms with Crippen LogP contribution in [-0.2, 0) is 15.9 Å². The molecule has 1 fully saturated rings. The normalized spacial score (nSPS) is 16.3. The zero-order valence-electron chi connectivity index (χ0n) is 17.1. The highest BCUT2D eigenvalue weighted by Crippen LogP contribution is 2.19. The van der Waals surface area contributed by atoms with Crippen LogP contribution in [0.2, 0.25) is 5.02 Å². The molecule has 1 atom stereocenters. The van der Waals surface area contributed by atoms with Crippen molar-refractivity contribution in [3.63, 3.8) is 0 Å². The predicted octanol–water partition coefficient (Wildman–Crippen LogP) is 3.30. The second-order valence-corrected chi connectivity index (χ2v) is 7.11. The van der Waals surface area contributed by atoms with Crippen molar-refractivity contribution in [1.82, 2.24) is 20.8 Å². The smallest absolute Gasteiger partial charge is 0.228 e. The van der Waals surface area contributed by atoms with Gasteiger partial charge in [-0.3, -0.25) is 4.99 Å². The number of nitrogens with zero attached hydrogens (tertiary/aromatic N) is 3. The number of hydrogen-bond acceptors (Lipinski definition) is 6. The van der Waals surface area contributed by atoms with E-state index >= 15 is 0 Å². The maximum absolute atomic E-state index is 6.01. The lowest BCUT2D eigenvalue weighted by Gasteiger charge is -2.11. The molecule has 1 aliphatic heterocycles. The Morgan fingerprint density at radius 3 is 3.03 bits per heavy atom. The van der Waals surface area contributed by atoms with Crippen molar-refractivity contribution < 1.29 is 14.0 Å². The van der Waals surface area contributed by atoms with Gasteiger partial charge in [-0.2, -0.15) is 4.98 Å². The Labute approximate surface area is 199 Å². The molecule has 10 heteroatoms. The Hall–Kier alpha value is -1.43. The van der Waals surface area contributed by atoms with E-state index in [1.54, 1.807) is 0 Å². The zero-order valence-corrected chi connectivity index (χ0v) is 20.2. The minimum atomic E-state index is 0. The number of ether oxygens (including phenoxy) is 2. The van der Waals surface area contributed by atoms with E-state index in [-0.39, 0.29) is 30.1 Å². The summed E-state index contributed by atoms with van der Waals surface area (Å²) in [5.41, 5.74) is 0.835. The molecule has 2 N–H and O–H groups in total. The summed E-state index contributed by atoms with van der Waals surface area (Å²) in [7, 11) is 0. The van der Waals surface area contributed by atoms with Crippen LogP contribution >= 0.6 is 35.6 Å². The predicted molar refractivity (Wildman–Crippen MR) is 128 cm³/mol. The minimum absolute atomic E-state index is 0. The second-order valence-electron chi connectivity index (χ2n) is 6.67. The first-order valence-corrected chi connectivity index (χ1v) is 10.4. The molecule has 30 heavy (non-hydrogen) atoms. The molecule has 8 nitrogen and oxygen atoms in total. The van der Waals surface area contributed by atoms with Gasteiger partial charge in [-0.1, -0.05) is 28.9 Å². The standard InChI is InChI=1S/C20H28ClN5O3.HI/c1-2-22-20(23-9-4-11-28-17-8-12-27-14-17)24-10-7-18-25-19(26-29-18)15-5-3-6-16(21)13-15;/h3,5-6,13,17H,2,4,7-12,14H2,1H3,(H2,22,23,24);1H. The first-order chi connectivity index (χ1) is 14.2. The zero-order chi connectivity index (χ0) is 20.3. The molecule has 0 radical (unpaired) electrons. The van der Waals surface area contributed by atoms with E-state index < -0.39 is 0 Å². The third-order valence-electron chi connectivity index (χ3n) is 4.34. The molecular formula is C20H29ClIN5O3. The Kier molecular flexibility index (Phi) is 11.4. The molecule has 2 aromatic rings. The van der Waals surface area contributed by atoms with Gasteiger partial charge in [-0.25, -0.2) is 0 Å². The van der Waals surface area contributed by atoms with Crippen molar-refractivity contribution in [2.75, 3.05) is 39.5 Å². The third-order valence-corrected chi connectivity index (χ3v) is 4.58. The number of aliphatic imine (C=N–C) groups is 1. The summed E-state index contributed by atoms with van der Waals surface area (Å²) in [6.07, 6.45) is 2.71. The number of guanidine groups is 1. The summed E-state index contributed by atoms with van der Waals surface area (Å²) in [6, 6.07) is 7.39. The molecule has 1 aromatic carbocycles. The molecule has 1 aromatic heterocycles. The highest BCUT2D eigenvalue weighted by Gasteiger charge is 2.15. The van der Waals surface area contributed by atoms with Crippen LogP contribution in [0.5, 0.6) is 0 Å². The fourth-order valence-electron chi connectivity index (χ4n) is 2.88. The number of hydrogen-bond donors (Lipinski definition) is 2. The van der Waals surface area contributed by atoms with Gasteiger partial charge in [0, 0.05) is 49.9 Å². The monoisotopic (exact) mass is 549 g/mol. The SMILES string of the molecule is CCNC(=NCCCOC1CCOC1)NCCc1nc(-c2cccc(Cl)c2)no1.I. The molecule has 0 amide bonds. The largest absolute Gasteiger partial charge is 0.379 e. The van der Waals surface area contributed by atoms with E-state index in [0.717, 1.165) is 37.5 Å². The highest BCUT2D eigenvalue weighted by molar-refractivity contribution is 14.0. The topological polar surface area (TPSA) is 93.8 Å². The quantitative estimate of drug-likeness (QED) is 0.203. The number of aromatic nitrogens is 2. The Morgan fingerprint density at radius 2 is 2.27 bits per heavy atom. The number of rotatable bonds is 10. The van der Waals surface area contributed by atoms with Gasteiger partial charge < -0.3 is 24.6 Å². The third kappa shape index (κ3) is 8.37. The lowest BCUT2D eigenvalue weighted by Crippen LogP contribution is -2.38. The number of benzene rings is 1. The first kappa shape index (κ1) is 24.8. The average Bonchev–Trinajstić information content (AvgIpc) is 3.40. The van der Waals surface area contributed by atoms with Gasteiger partial charge in [0.25, 0.3) is 0 Å². The number of nitrogens with one attached hydrogen (secondary N) is 2. The van der Waals surface area contributed by atoms with Crippen molar-refractivity contribution in [3.8, 4) is 11.4 Å². The molecule has 1 aliphatic rings. The van der Waals surface area contributed by atoms with Gasteiger partial charge >= 0.3 is 0 Å². The Morgan fingerprint density at radius 1 is 1.37 bits per heavy atom. The van der Waals surface area contributed by atoms with Crippen molar-refractivity contribution >= 4 is 41.5 Å². The van der Waals surface area contributed by atoms with Gasteiger partial charge in [0.15, 0.2) is 5.96 Å². The molecule has 0 bridgehead atoms. The van der Waals surface area contributed by atoms with Crippen LogP contribution in [0.25, 0.3) is 11.4 Å². The summed E-state index contributed by atoms with van der Waals surface area (Å²) < 4.78 is 16.4. The van der Waals surface area contributed by atoms with E-state index in [0.29, 0.717) is 49.5 Å². The van der Waals surface area contributed by atoms with Crippen molar-refractivity contribution in [2.45, 2.75) is 32.3 Å². The van der Waals surface area contributed by atoms with Crippen molar-refractivity contribution in [3.05, 3.63) is 35.2 Å². The van der Waals surface area contributed by atoms with Crippen molar-refractivity contribution in [2.24, 2.45) is 4.99 Å². The lowest BCUT2D eigenvalue weighted by atomic mass is 10.2. The summed E-state index contributed by atoms with van der Waals surface area (Å²) in [5.74, 6) is 1.87. The summed E-state index contributed by atoms with van der Waals surface area (Å²) in [5, 5.41) is 11.2. The maximum Gasteiger partial charge on any atom is 0.228 e. The van der Waals surface area contributed by atoms with Crippen LogP contribution in [0.1, 0.15) is 25.7 Å². The van der Waals surface area contributed by atoms with Crippen LogP contribution in [0.15, 0.2) is 33.8 Å². The van der Waals surface area contributed by atoms with E-state index in [1.807, 2.05) is 31.2 Å². The van der Waals surface area contributed by atoms with Gasteiger partial charge in [-0.15, -0.1) is 24.0 Å². The maximum atomic E-state index is 6.01. The fourth-order valence-corrected chi connectivity index (χ4v) is 3.07. The molecule has 3 rings (SSSR count). The van der Waals surface area contributed by atoms with Crippen LogP contribution in [0, 0.1) is 0 Å². The first-order valence-electron chi connectivity index (χ1n) is 10.0. The van der Waals surface area contributed by atoms with Gasteiger partial charge in [0.1, 0.15) is 0 Å². The van der Waals surface area contributed by atoms with Crippen LogP contribution in [-0.4, -0.2) is 61.7 Å². The van der Waals surface area contributed by atoms with Gasteiger partial charge in [-0.05, 0) is 31.9 Å². The number of halogens is 2. The minimum Gasteiger partial charge on any atom is -0.379 e. The summed E-state index contributed by atoms with van der Waals surface area (Å²) in [4.78, 5) is 9.00. The van der Waals surface area contributed by atoms with Crippen molar-refractivity contribution in [1.29, 1.82) is 0 Å². The molecule has 2 heterocycles. The average molecular weight is 550 g/mol. The van der Waals surface area contributed by atoms with E-state index in [9.17, 15) is 0 Å². The molecule has 0 saturated carbocycles.